The van der Waals surface area contributed by atoms with Gasteiger partial charge in [-0.15, -0.1) is 11.3 Å². The number of aryl methyl sites for hydroxylation is 1. The topological polar surface area (TPSA) is 54.9 Å². The van der Waals surface area contributed by atoms with Gasteiger partial charge in [-0.25, -0.2) is 4.98 Å². The molecule has 1 N–H and O–H groups in total. The second-order valence-electron chi connectivity index (χ2n) is 4.80. The Morgan fingerprint density at radius 1 is 1.22 bits per heavy atom. The van der Waals surface area contributed by atoms with Crippen LogP contribution in [-0.4, -0.2) is 15.9 Å². The normalized spacial score (nSPS) is 10.6. The van der Waals surface area contributed by atoms with Crippen molar-refractivity contribution >= 4 is 45.6 Å². The molecule has 4 nitrogen and oxygen atoms in total. The first-order valence-corrected chi connectivity index (χ1v) is 8.31. The standard InChI is InChI=1S/C16H11Cl2N3OS/c1-9-2-3-10(7-19-9)15(22)21-16-20-14(8-23-16)12-5-4-11(17)6-13(12)18/h2-8H,1H3,(H,20,21,22). The summed E-state index contributed by atoms with van der Waals surface area (Å²) < 4.78 is 0. The van der Waals surface area contributed by atoms with Crippen LogP contribution < -0.4 is 5.32 Å². The summed E-state index contributed by atoms with van der Waals surface area (Å²) in [7, 11) is 0. The third-order valence-corrected chi connectivity index (χ3v) is 4.41. The van der Waals surface area contributed by atoms with Crippen LogP contribution in [0.5, 0.6) is 0 Å². The molecular formula is C16H11Cl2N3OS. The Kier molecular flexibility index (Phi) is 4.61. The van der Waals surface area contributed by atoms with Gasteiger partial charge >= 0.3 is 0 Å². The summed E-state index contributed by atoms with van der Waals surface area (Å²) in [5.74, 6) is -0.249. The quantitative estimate of drug-likeness (QED) is 0.706. The number of carbonyl (C=O) groups excluding carboxylic acids is 1. The van der Waals surface area contributed by atoms with Crippen LogP contribution in [0, 0.1) is 6.92 Å². The number of nitrogens with one attached hydrogen (secondary N) is 1. The molecule has 0 unspecified atom stereocenters. The lowest BCUT2D eigenvalue weighted by molar-refractivity contribution is 0.102. The number of anilines is 1. The minimum absolute atomic E-state index is 0.249. The maximum atomic E-state index is 12.2. The van der Waals surface area contributed by atoms with Crippen molar-refractivity contribution in [3.8, 4) is 11.3 Å². The first kappa shape index (κ1) is 15.9. The third-order valence-electron chi connectivity index (χ3n) is 3.11. The Balaban J connectivity index is 1.79. The number of rotatable bonds is 3. The lowest BCUT2D eigenvalue weighted by Crippen LogP contribution is -2.12. The maximum absolute atomic E-state index is 12.2. The molecule has 0 fully saturated rings. The number of pyridine rings is 1. The zero-order valence-electron chi connectivity index (χ0n) is 12.0. The van der Waals surface area contributed by atoms with E-state index in [2.05, 4.69) is 15.3 Å². The van der Waals surface area contributed by atoms with Gasteiger partial charge in [-0.05, 0) is 37.3 Å². The Morgan fingerprint density at radius 3 is 2.74 bits per heavy atom. The van der Waals surface area contributed by atoms with Gasteiger partial charge < -0.3 is 0 Å². The highest BCUT2D eigenvalue weighted by molar-refractivity contribution is 7.14. The van der Waals surface area contributed by atoms with E-state index in [-0.39, 0.29) is 5.91 Å². The molecule has 2 aromatic heterocycles. The zero-order chi connectivity index (χ0) is 16.4. The van der Waals surface area contributed by atoms with Crippen LogP contribution in [0.15, 0.2) is 41.9 Å². The number of amides is 1. The van der Waals surface area contributed by atoms with Crippen molar-refractivity contribution in [1.29, 1.82) is 0 Å². The van der Waals surface area contributed by atoms with Crippen LogP contribution in [0.2, 0.25) is 10.0 Å². The van der Waals surface area contributed by atoms with Crippen LogP contribution in [0.1, 0.15) is 16.1 Å². The Morgan fingerprint density at radius 2 is 2.04 bits per heavy atom. The average Bonchev–Trinajstić information content (AvgIpc) is 2.96. The lowest BCUT2D eigenvalue weighted by Gasteiger charge is -2.02. The lowest BCUT2D eigenvalue weighted by atomic mass is 10.2. The number of hydrogen-bond acceptors (Lipinski definition) is 4. The molecule has 0 atom stereocenters. The monoisotopic (exact) mass is 363 g/mol. The molecule has 116 valence electrons. The van der Waals surface area contributed by atoms with Crippen molar-refractivity contribution in [2.75, 3.05) is 5.32 Å². The second-order valence-corrected chi connectivity index (χ2v) is 6.51. The fourth-order valence-electron chi connectivity index (χ4n) is 1.92. The molecule has 0 aliphatic rings. The van der Waals surface area contributed by atoms with Gasteiger partial charge in [0.25, 0.3) is 5.91 Å². The molecule has 23 heavy (non-hydrogen) atoms. The minimum atomic E-state index is -0.249. The number of halogens is 2. The van der Waals surface area contributed by atoms with Gasteiger partial charge in [-0.2, -0.15) is 0 Å². The van der Waals surface area contributed by atoms with E-state index < -0.39 is 0 Å². The summed E-state index contributed by atoms with van der Waals surface area (Å²) in [6.45, 7) is 1.87. The molecule has 7 heteroatoms. The SMILES string of the molecule is Cc1ccc(C(=O)Nc2nc(-c3ccc(Cl)cc3Cl)cs2)cn1. The molecule has 0 spiro atoms. The van der Waals surface area contributed by atoms with E-state index in [1.54, 1.807) is 30.3 Å². The van der Waals surface area contributed by atoms with E-state index >= 15 is 0 Å². The predicted octanol–water partition coefficient (Wildman–Crippen LogP) is 5.07. The molecule has 0 bridgehead atoms. The fourth-order valence-corrected chi connectivity index (χ4v) is 3.13. The molecule has 2 heterocycles. The van der Waals surface area contributed by atoms with Crippen molar-refractivity contribution < 1.29 is 4.79 Å². The van der Waals surface area contributed by atoms with Crippen LogP contribution in [0.4, 0.5) is 5.13 Å². The fraction of sp³-hybridized carbons (Fsp3) is 0.0625. The summed E-state index contributed by atoms with van der Waals surface area (Å²) >= 11 is 13.4. The van der Waals surface area contributed by atoms with E-state index in [1.165, 1.54) is 17.5 Å². The first-order chi connectivity index (χ1) is 11.0. The molecule has 0 radical (unpaired) electrons. The van der Waals surface area contributed by atoms with E-state index in [1.807, 2.05) is 12.3 Å². The highest BCUT2D eigenvalue weighted by Gasteiger charge is 2.12. The first-order valence-electron chi connectivity index (χ1n) is 6.68. The molecule has 1 aromatic carbocycles. The van der Waals surface area contributed by atoms with Crippen LogP contribution in [-0.2, 0) is 0 Å². The number of nitrogens with zero attached hydrogens (tertiary/aromatic N) is 2. The summed E-state index contributed by atoms with van der Waals surface area (Å²) in [5.41, 5.74) is 2.80. The molecule has 0 aliphatic carbocycles. The largest absolute Gasteiger partial charge is 0.298 e. The minimum Gasteiger partial charge on any atom is -0.298 e. The molecule has 3 aromatic rings. The zero-order valence-corrected chi connectivity index (χ0v) is 14.3. The number of thiazole rings is 1. The van der Waals surface area contributed by atoms with E-state index in [4.69, 9.17) is 23.2 Å². The van der Waals surface area contributed by atoms with Gasteiger partial charge in [0.05, 0.1) is 16.3 Å². The molecule has 0 saturated carbocycles. The Bertz CT molecular complexity index is 862. The van der Waals surface area contributed by atoms with Gasteiger partial charge in [-0.1, -0.05) is 23.2 Å². The van der Waals surface area contributed by atoms with Crippen molar-refractivity contribution in [2.24, 2.45) is 0 Å². The summed E-state index contributed by atoms with van der Waals surface area (Å²) in [6, 6.07) is 8.72. The smallest absolute Gasteiger partial charge is 0.259 e. The van der Waals surface area contributed by atoms with Crippen LogP contribution in [0.3, 0.4) is 0 Å². The van der Waals surface area contributed by atoms with Crippen LogP contribution >= 0.6 is 34.5 Å². The summed E-state index contributed by atoms with van der Waals surface area (Å²) in [5, 5.41) is 6.17. The summed E-state index contributed by atoms with van der Waals surface area (Å²) in [4.78, 5) is 20.7. The third kappa shape index (κ3) is 3.69. The van der Waals surface area contributed by atoms with Gasteiger partial charge in [-0.3, -0.25) is 15.1 Å². The molecule has 0 aliphatic heterocycles. The number of benzene rings is 1. The van der Waals surface area contributed by atoms with E-state index in [0.717, 1.165) is 11.3 Å². The molecule has 0 saturated heterocycles. The van der Waals surface area contributed by atoms with E-state index in [0.29, 0.717) is 26.4 Å². The van der Waals surface area contributed by atoms with Crippen LogP contribution in [0.25, 0.3) is 11.3 Å². The molecular weight excluding hydrogens is 353 g/mol. The van der Waals surface area contributed by atoms with Gasteiger partial charge in [0.2, 0.25) is 0 Å². The maximum Gasteiger partial charge on any atom is 0.259 e. The number of aromatic nitrogens is 2. The predicted molar refractivity (Wildman–Crippen MR) is 94.5 cm³/mol. The second kappa shape index (κ2) is 6.66. The number of hydrogen-bond donors (Lipinski definition) is 1. The highest BCUT2D eigenvalue weighted by atomic mass is 35.5. The number of carbonyl (C=O) groups is 1. The Labute approximate surface area is 147 Å². The average molecular weight is 364 g/mol. The molecule has 1 amide bonds. The van der Waals surface area contributed by atoms with Crippen molar-refractivity contribution in [3.05, 3.63) is 63.2 Å². The van der Waals surface area contributed by atoms with Crippen molar-refractivity contribution in [3.63, 3.8) is 0 Å². The van der Waals surface area contributed by atoms with Gasteiger partial charge in [0, 0.05) is 27.9 Å². The van der Waals surface area contributed by atoms with Gasteiger partial charge in [0.15, 0.2) is 5.13 Å². The van der Waals surface area contributed by atoms with E-state index in [9.17, 15) is 4.79 Å². The Hall–Kier alpha value is -1.95. The van der Waals surface area contributed by atoms with Gasteiger partial charge in [0.1, 0.15) is 0 Å². The summed E-state index contributed by atoms with van der Waals surface area (Å²) in [6.07, 6.45) is 1.54. The highest BCUT2D eigenvalue weighted by Crippen LogP contribution is 2.32. The van der Waals surface area contributed by atoms with Crippen molar-refractivity contribution in [1.82, 2.24) is 9.97 Å². The molecule has 3 rings (SSSR count). The van der Waals surface area contributed by atoms with Crippen molar-refractivity contribution in [2.45, 2.75) is 6.92 Å².